The highest BCUT2D eigenvalue weighted by Crippen LogP contribution is 2.28. The smallest absolute Gasteiger partial charge is 0.191 e. The molecular weight excluding hydrogens is 234 g/mol. The van der Waals surface area contributed by atoms with Crippen LogP contribution in [0.3, 0.4) is 0 Å². The SMILES string of the molecule is CCNC(=NCC1(O)CCSC1)NCC1CC1. The second-order valence-electron chi connectivity index (χ2n) is 5.05. The molecule has 1 unspecified atom stereocenters. The molecule has 0 aromatic rings. The van der Waals surface area contributed by atoms with E-state index in [0.717, 1.165) is 42.9 Å². The molecule has 17 heavy (non-hydrogen) atoms. The monoisotopic (exact) mass is 257 g/mol. The zero-order chi connectivity index (χ0) is 12.1. The zero-order valence-electron chi connectivity index (χ0n) is 10.5. The second-order valence-corrected chi connectivity index (χ2v) is 6.15. The van der Waals surface area contributed by atoms with E-state index in [1.165, 1.54) is 12.8 Å². The van der Waals surface area contributed by atoms with E-state index in [9.17, 15) is 5.11 Å². The van der Waals surface area contributed by atoms with Gasteiger partial charge in [0.2, 0.25) is 0 Å². The van der Waals surface area contributed by atoms with Crippen LogP contribution in [0.2, 0.25) is 0 Å². The van der Waals surface area contributed by atoms with E-state index >= 15 is 0 Å². The van der Waals surface area contributed by atoms with Gasteiger partial charge in [-0.2, -0.15) is 11.8 Å². The molecule has 1 heterocycles. The van der Waals surface area contributed by atoms with Crippen LogP contribution in [-0.2, 0) is 0 Å². The molecule has 2 aliphatic rings. The Morgan fingerprint density at radius 2 is 2.29 bits per heavy atom. The van der Waals surface area contributed by atoms with Gasteiger partial charge in [0, 0.05) is 18.8 Å². The Labute approximate surface area is 108 Å². The lowest BCUT2D eigenvalue weighted by Crippen LogP contribution is -2.40. The van der Waals surface area contributed by atoms with Gasteiger partial charge in [0.15, 0.2) is 5.96 Å². The zero-order valence-corrected chi connectivity index (χ0v) is 11.4. The van der Waals surface area contributed by atoms with Gasteiger partial charge in [-0.05, 0) is 37.9 Å². The minimum absolute atomic E-state index is 0.514. The lowest BCUT2D eigenvalue weighted by atomic mass is 10.1. The third kappa shape index (κ3) is 4.39. The predicted molar refractivity (Wildman–Crippen MR) is 73.6 cm³/mol. The third-order valence-electron chi connectivity index (χ3n) is 3.21. The number of hydrogen-bond acceptors (Lipinski definition) is 3. The van der Waals surface area contributed by atoms with Crippen molar-refractivity contribution in [3.63, 3.8) is 0 Å². The van der Waals surface area contributed by atoms with E-state index in [0.29, 0.717) is 6.54 Å². The van der Waals surface area contributed by atoms with E-state index < -0.39 is 5.60 Å². The lowest BCUT2D eigenvalue weighted by molar-refractivity contribution is 0.0778. The Morgan fingerprint density at radius 1 is 1.47 bits per heavy atom. The van der Waals surface area contributed by atoms with Gasteiger partial charge in [0.1, 0.15) is 0 Å². The molecule has 0 bridgehead atoms. The summed E-state index contributed by atoms with van der Waals surface area (Å²) < 4.78 is 0. The molecule has 3 N–H and O–H groups in total. The van der Waals surface area contributed by atoms with Crippen molar-refractivity contribution in [3.05, 3.63) is 0 Å². The molecule has 2 fully saturated rings. The van der Waals surface area contributed by atoms with Crippen LogP contribution >= 0.6 is 11.8 Å². The average molecular weight is 257 g/mol. The van der Waals surface area contributed by atoms with Crippen LogP contribution in [0, 0.1) is 5.92 Å². The van der Waals surface area contributed by atoms with Gasteiger partial charge in [-0.3, -0.25) is 4.99 Å². The summed E-state index contributed by atoms with van der Waals surface area (Å²) >= 11 is 1.81. The molecule has 2 rings (SSSR count). The number of nitrogens with one attached hydrogen (secondary N) is 2. The summed E-state index contributed by atoms with van der Waals surface area (Å²) in [5, 5.41) is 16.8. The molecule has 0 spiro atoms. The molecule has 1 aliphatic carbocycles. The molecule has 0 radical (unpaired) electrons. The second kappa shape index (κ2) is 5.96. The number of aliphatic imine (C=N–C) groups is 1. The van der Waals surface area contributed by atoms with Crippen LogP contribution < -0.4 is 10.6 Å². The van der Waals surface area contributed by atoms with Crippen molar-refractivity contribution in [2.75, 3.05) is 31.1 Å². The molecular formula is C12H23N3OS. The number of aliphatic hydroxyl groups is 1. The first-order valence-electron chi connectivity index (χ1n) is 6.54. The Morgan fingerprint density at radius 3 is 2.88 bits per heavy atom. The minimum Gasteiger partial charge on any atom is -0.387 e. The highest BCUT2D eigenvalue weighted by atomic mass is 32.2. The van der Waals surface area contributed by atoms with Crippen molar-refractivity contribution < 1.29 is 5.11 Å². The van der Waals surface area contributed by atoms with Gasteiger partial charge in [-0.1, -0.05) is 0 Å². The van der Waals surface area contributed by atoms with Gasteiger partial charge >= 0.3 is 0 Å². The Balaban J connectivity index is 1.79. The van der Waals surface area contributed by atoms with E-state index in [2.05, 4.69) is 22.5 Å². The van der Waals surface area contributed by atoms with E-state index in [1.54, 1.807) is 0 Å². The standard InChI is InChI=1S/C12H23N3OS/c1-2-13-11(14-7-10-3-4-10)15-8-12(16)5-6-17-9-12/h10,16H,2-9H2,1H3,(H2,13,14,15). The van der Waals surface area contributed by atoms with Gasteiger partial charge in [-0.15, -0.1) is 0 Å². The van der Waals surface area contributed by atoms with Crippen LogP contribution in [0.4, 0.5) is 0 Å². The van der Waals surface area contributed by atoms with Crippen LogP contribution in [0.25, 0.3) is 0 Å². The van der Waals surface area contributed by atoms with Gasteiger partial charge < -0.3 is 15.7 Å². The van der Waals surface area contributed by atoms with Gasteiger partial charge in [0.05, 0.1) is 12.1 Å². The number of thioether (sulfide) groups is 1. The fourth-order valence-corrected chi connectivity index (χ4v) is 3.14. The molecule has 0 aromatic heterocycles. The summed E-state index contributed by atoms with van der Waals surface area (Å²) in [6, 6.07) is 0. The maximum Gasteiger partial charge on any atom is 0.191 e. The summed E-state index contributed by atoms with van der Waals surface area (Å²) in [4.78, 5) is 4.50. The van der Waals surface area contributed by atoms with Crippen molar-refractivity contribution >= 4 is 17.7 Å². The summed E-state index contributed by atoms with van der Waals surface area (Å²) in [5.74, 6) is 3.56. The quantitative estimate of drug-likeness (QED) is 0.504. The summed E-state index contributed by atoms with van der Waals surface area (Å²) in [6.07, 6.45) is 3.54. The molecule has 98 valence electrons. The van der Waals surface area contributed by atoms with Crippen LogP contribution in [0.1, 0.15) is 26.2 Å². The van der Waals surface area contributed by atoms with E-state index in [4.69, 9.17) is 0 Å². The van der Waals surface area contributed by atoms with Crippen molar-refractivity contribution in [1.82, 2.24) is 10.6 Å². The van der Waals surface area contributed by atoms with Crippen LogP contribution in [-0.4, -0.2) is 47.8 Å². The third-order valence-corrected chi connectivity index (χ3v) is 4.45. The fourth-order valence-electron chi connectivity index (χ4n) is 1.85. The maximum atomic E-state index is 10.2. The summed E-state index contributed by atoms with van der Waals surface area (Å²) in [5.41, 5.74) is -0.577. The molecule has 0 aromatic carbocycles. The Hall–Kier alpha value is -0.420. The number of rotatable bonds is 5. The molecule has 1 saturated carbocycles. The topological polar surface area (TPSA) is 56.7 Å². The van der Waals surface area contributed by atoms with Crippen molar-refractivity contribution in [3.8, 4) is 0 Å². The average Bonchev–Trinajstić information content (AvgIpc) is 3.05. The number of hydrogen-bond donors (Lipinski definition) is 3. The summed E-state index contributed by atoms with van der Waals surface area (Å²) in [7, 11) is 0. The lowest BCUT2D eigenvalue weighted by Gasteiger charge is -2.19. The van der Waals surface area contributed by atoms with Crippen molar-refractivity contribution in [2.24, 2.45) is 10.9 Å². The molecule has 0 amide bonds. The largest absolute Gasteiger partial charge is 0.387 e. The first-order valence-corrected chi connectivity index (χ1v) is 7.70. The van der Waals surface area contributed by atoms with E-state index in [1.807, 2.05) is 11.8 Å². The van der Waals surface area contributed by atoms with Crippen LogP contribution in [0.15, 0.2) is 4.99 Å². The van der Waals surface area contributed by atoms with Gasteiger partial charge in [0.25, 0.3) is 0 Å². The van der Waals surface area contributed by atoms with Crippen molar-refractivity contribution in [2.45, 2.75) is 31.8 Å². The first kappa shape index (κ1) is 13.0. The molecule has 1 atom stereocenters. The first-order chi connectivity index (χ1) is 8.22. The number of guanidine groups is 1. The van der Waals surface area contributed by atoms with E-state index in [-0.39, 0.29) is 0 Å². The normalized spacial score (nSPS) is 29.4. The van der Waals surface area contributed by atoms with Gasteiger partial charge in [-0.25, -0.2) is 0 Å². The highest BCUT2D eigenvalue weighted by molar-refractivity contribution is 7.99. The molecule has 4 nitrogen and oxygen atoms in total. The van der Waals surface area contributed by atoms with Crippen molar-refractivity contribution in [1.29, 1.82) is 0 Å². The number of nitrogens with zero attached hydrogens (tertiary/aromatic N) is 1. The fraction of sp³-hybridized carbons (Fsp3) is 0.917. The molecule has 1 aliphatic heterocycles. The maximum absolute atomic E-state index is 10.2. The molecule has 1 saturated heterocycles. The predicted octanol–water partition coefficient (Wildman–Crippen LogP) is 0.819. The summed E-state index contributed by atoms with van der Waals surface area (Å²) in [6.45, 7) is 4.46. The van der Waals surface area contributed by atoms with Crippen LogP contribution in [0.5, 0.6) is 0 Å². The Kier molecular flexibility index (Phi) is 4.56. The Bertz CT molecular complexity index is 273. The molecule has 5 heteroatoms. The highest BCUT2D eigenvalue weighted by Gasteiger charge is 2.31. The minimum atomic E-state index is -0.577.